The minimum atomic E-state index is -0.652. The predicted molar refractivity (Wildman–Crippen MR) is 232 cm³/mol. The van der Waals surface area contributed by atoms with Crippen molar-refractivity contribution in [2.45, 2.75) is 10.1 Å². The zero-order valence-corrected chi connectivity index (χ0v) is 33.4. The van der Waals surface area contributed by atoms with Crippen LogP contribution < -0.4 is 30.2 Å². The molecular formula is C46H38N4O6S2. The first-order valence-corrected chi connectivity index (χ1v) is 19.8. The van der Waals surface area contributed by atoms with Gasteiger partial charge in [0.05, 0.1) is 27.0 Å². The molecule has 12 heteroatoms. The van der Waals surface area contributed by atoms with Gasteiger partial charge in [-0.05, 0) is 76.5 Å². The molecule has 58 heavy (non-hydrogen) atoms. The maximum Gasteiger partial charge on any atom is 0.272 e. The number of hydrogen-bond acceptors (Lipinski definition) is 9. The first-order valence-electron chi connectivity index (χ1n) is 18.1. The van der Waals surface area contributed by atoms with Gasteiger partial charge in [-0.1, -0.05) is 91.0 Å². The normalized spacial score (nSPS) is 11.7. The molecule has 0 spiro atoms. The van der Waals surface area contributed by atoms with Gasteiger partial charge in [0.15, 0.2) is 16.6 Å². The Bertz CT molecular complexity index is 2590. The van der Waals surface area contributed by atoms with E-state index in [0.717, 1.165) is 32.5 Å². The highest BCUT2D eigenvalue weighted by Gasteiger charge is 2.24. The van der Waals surface area contributed by atoms with E-state index < -0.39 is 17.1 Å². The molecular weight excluding hydrogens is 769 g/mol. The van der Waals surface area contributed by atoms with Gasteiger partial charge in [-0.2, -0.15) is 0 Å². The number of fused-ring (bicyclic) bond motifs is 1. The van der Waals surface area contributed by atoms with E-state index in [0.29, 0.717) is 39.2 Å². The Morgan fingerprint density at radius 2 is 1.40 bits per heavy atom. The number of thiazole rings is 1. The average Bonchev–Trinajstić information content (AvgIpc) is 3.73. The molecule has 0 bridgehead atoms. The minimum absolute atomic E-state index is 0.0331. The molecule has 6 aromatic carbocycles. The van der Waals surface area contributed by atoms with Gasteiger partial charge in [0.25, 0.3) is 11.8 Å². The summed E-state index contributed by atoms with van der Waals surface area (Å²) in [5, 5.41) is 12.7. The molecule has 0 saturated heterocycles. The molecule has 1 unspecified atom stereocenters. The van der Waals surface area contributed by atoms with Crippen molar-refractivity contribution in [2.75, 3.05) is 32.0 Å². The molecule has 0 aliphatic heterocycles. The van der Waals surface area contributed by atoms with Crippen LogP contribution in [0.2, 0.25) is 0 Å². The van der Waals surface area contributed by atoms with Gasteiger partial charge in [-0.25, -0.2) is 4.98 Å². The molecule has 3 N–H and O–H groups in total. The van der Waals surface area contributed by atoms with Gasteiger partial charge < -0.3 is 30.2 Å². The largest absolute Gasteiger partial charge is 0.493 e. The molecule has 1 atom stereocenters. The smallest absolute Gasteiger partial charge is 0.272 e. The van der Waals surface area contributed by atoms with Crippen LogP contribution in [0, 0.1) is 0 Å². The van der Waals surface area contributed by atoms with E-state index in [1.165, 1.54) is 50.5 Å². The van der Waals surface area contributed by atoms with Crippen LogP contribution in [0.15, 0.2) is 155 Å². The predicted octanol–water partition coefficient (Wildman–Crippen LogP) is 9.87. The van der Waals surface area contributed by atoms with Gasteiger partial charge in [-0.15, -0.1) is 23.1 Å². The summed E-state index contributed by atoms with van der Waals surface area (Å²) < 4.78 is 16.5. The van der Waals surface area contributed by atoms with Crippen LogP contribution in [0.4, 0.5) is 10.8 Å². The quantitative estimate of drug-likeness (QED) is 0.0733. The van der Waals surface area contributed by atoms with Crippen LogP contribution in [0.5, 0.6) is 17.2 Å². The van der Waals surface area contributed by atoms with Crippen molar-refractivity contribution >= 4 is 68.5 Å². The fourth-order valence-electron chi connectivity index (χ4n) is 6.16. The number of rotatable bonds is 14. The summed E-state index contributed by atoms with van der Waals surface area (Å²) in [4.78, 5) is 46.8. The number of anilines is 2. The maximum atomic E-state index is 14.0. The Balaban J connectivity index is 1.12. The van der Waals surface area contributed by atoms with Crippen molar-refractivity contribution < 1.29 is 28.6 Å². The molecule has 10 nitrogen and oxygen atoms in total. The topological polar surface area (TPSA) is 128 Å². The van der Waals surface area contributed by atoms with Crippen molar-refractivity contribution in [3.8, 4) is 28.5 Å². The molecule has 0 aliphatic carbocycles. The summed E-state index contributed by atoms with van der Waals surface area (Å²) in [6, 6.07) is 42.9. The Kier molecular flexibility index (Phi) is 12.5. The number of nitrogens with zero attached hydrogens (tertiary/aromatic N) is 1. The third-order valence-electron chi connectivity index (χ3n) is 8.99. The van der Waals surface area contributed by atoms with Gasteiger partial charge in [0.2, 0.25) is 11.7 Å². The summed E-state index contributed by atoms with van der Waals surface area (Å²) in [6.45, 7) is 0. The second-order valence-corrected chi connectivity index (χ2v) is 14.9. The van der Waals surface area contributed by atoms with Crippen LogP contribution in [-0.2, 0) is 9.59 Å². The number of carbonyl (C=O) groups is 3. The van der Waals surface area contributed by atoms with Crippen LogP contribution in [0.3, 0.4) is 0 Å². The number of ether oxygens (including phenoxy) is 3. The number of carbonyl (C=O) groups excluding carboxylic acids is 3. The summed E-state index contributed by atoms with van der Waals surface area (Å²) >= 11 is 2.70. The van der Waals surface area contributed by atoms with E-state index in [-0.39, 0.29) is 11.6 Å². The number of aromatic nitrogens is 1. The van der Waals surface area contributed by atoms with Gasteiger partial charge in [0.1, 0.15) is 10.9 Å². The number of thioether (sulfide) groups is 1. The van der Waals surface area contributed by atoms with Crippen molar-refractivity contribution in [1.29, 1.82) is 0 Å². The van der Waals surface area contributed by atoms with Crippen molar-refractivity contribution in [1.82, 2.24) is 10.3 Å². The molecule has 1 aromatic heterocycles. The minimum Gasteiger partial charge on any atom is -0.493 e. The lowest BCUT2D eigenvalue weighted by Gasteiger charge is -2.17. The number of hydrogen-bond donors (Lipinski definition) is 3. The molecule has 7 rings (SSSR count). The van der Waals surface area contributed by atoms with Gasteiger partial charge in [0, 0.05) is 27.1 Å². The first kappa shape index (κ1) is 39.3. The molecule has 290 valence electrons. The zero-order valence-electron chi connectivity index (χ0n) is 31.7. The van der Waals surface area contributed by atoms with Gasteiger partial charge in [-0.3, -0.25) is 14.4 Å². The van der Waals surface area contributed by atoms with E-state index in [4.69, 9.17) is 19.2 Å². The van der Waals surface area contributed by atoms with Crippen molar-refractivity contribution in [2.24, 2.45) is 0 Å². The SMILES string of the molecule is COc1cc(/C=C(/NC(=O)c2ccccc2)C(=O)Nc2cccc(SC(C(=O)Nc3nc(-c4ccc5ccccc5c4)cs3)c3ccccc3)c2)cc(OC)c1OC. The maximum absolute atomic E-state index is 14.0. The third-order valence-corrected chi connectivity index (χ3v) is 11.0. The monoisotopic (exact) mass is 806 g/mol. The summed E-state index contributed by atoms with van der Waals surface area (Å²) in [7, 11) is 4.49. The van der Waals surface area contributed by atoms with E-state index in [2.05, 4.69) is 40.2 Å². The van der Waals surface area contributed by atoms with E-state index >= 15 is 0 Å². The number of amides is 3. The van der Waals surface area contributed by atoms with E-state index in [1.54, 1.807) is 60.7 Å². The lowest BCUT2D eigenvalue weighted by Crippen LogP contribution is -2.30. The van der Waals surface area contributed by atoms with Crippen LogP contribution >= 0.6 is 23.1 Å². The fourth-order valence-corrected chi connectivity index (χ4v) is 7.97. The molecule has 0 aliphatic rings. The lowest BCUT2D eigenvalue weighted by atomic mass is 10.1. The van der Waals surface area contributed by atoms with Gasteiger partial charge >= 0.3 is 0 Å². The highest BCUT2D eigenvalue weighted by molar-refractivity contribution is 8.00. The summed E-state index contributed by atoms with van der Waals surface area (Å²) in [6.07, 6.45) is 1.53. The molecule has 7 aromatic rings. The van der Waals surface area contributed by atoms with E-state index in [9.17, 15) is 14.4 Å². The molecule has 3 amide bonds. The number of methoxy groups -OCH3 is 3. The molecule has 0 radical (unpaired) electrons. The van der Waals surface area contributed by atoms with Crippen LogP contribution in [0.25, 0.3) is 28.1 Å². The third kappa shape index (κ3) is 9.38. The Labute approximate surface area is 343 Å². The Morgan fingerprint density at radius 1 is 0.707 bits per heavy atom. The molecule has 1 heterocycles. The highest BCUT2D eigenvalue weighted by atomic mass is 32.2. The van der Waals surface area contributed by atoms with Crippen molar-refractivity contribution in [3.63, 3.8) is 0 Å². The first-order chi connectivity index (χ1) is 28.3. The lowest BCUT2D eigenvalue weighted by molar-refractivity contribution is -0.116. The Morgan fingerprint density at radius 3 is 2.10 bits per heavy atom. The second kappa shape index (κ2) is 18.4. The zero-order chi connectivity index (χ0) is 40.4. The average molecular weight is 807 g/mol. The van der Waals surface area contributed by atoms with Crippen molar-refractivity contribution in [3.05, 3.63) is 167 Å². The Hall–Kier alpha value is -6.89. The van der Waals surface area contributed by atoms with Crippen LogP contribution in [0.1, 0.15) is 26.7 Å². The molecule has 0 saturated carbocycles. The number of benzene rings is 6. The number of nitrogens with one attached hydrogen (secondary N) is 3. The van der Waals surface area contributed by atoms with Crippen LogP contribution in [-0.4, -0.2) is 44.0 Å². The summed E-state index contributed by atoms with van der Waals surface area (Å²) in [5.74, 6) is -0.156. The second-order valence-electron chi connectivity index (χ2n) is 12.8. The standard InChI is InChI=1S/C46H38N4O6S2/c1-54-39-24-29(25-40(55-2)41(39)56-3)23-37(48-43(51)32-16-8-5-9-17-32)44(52)47-35-19-12-20-36(27-35)58-42(31-14-6-4-7-15-31)45(53)50-46-49-38(28-57-46)34-22-21-30-13-10-11-18-33(30)26-34/h4-28,42H,1-3H3,(H,47,52)(H,48,51)(H,49,50,53)/b37-23+. The fraction of sp³-hybridized carbons (Fsp3) is 0.0870. The van der Waals surface area contributed by atoms with E-state index in [1.807, 2.05) is 60.0 Å². The molecule has 0 fully saturated rings. The highest BCUT2D eigenvalue weighted by Crippen LogP contribution is 2.40. The summed E-state index contributed by atoms with van der Waals surface area (Å²) in [5.41, 5.74) is 3.84.